The highest BCUT2D eigenvalue weighted by Gasteiger charge is 2.63. The smallest absolute Gasteiger partial charge is 0.408 e. The number of sulfonamides is 1. The zero-order chi connectivity index (χ0) is 35.4. The number of carbonyl (C=O) groups excluding carboxylic acids is 4. The van der Waals surface area contributed by atoms with E-state index in [0.717, 1.165) is 5.56 Å². The summed E-state index contributed by atoms with van der Waals surface area (Å²) in [5, 5.41) is 9.67. The van der Waals surface area contributed by atoms with Gasteiger partial charge in [0.2, 0.25) is 21.8 Å². The summed E-state index contributed by atoms with van der Waals surface area (Å²) < 4.78 is 38.2. The van der Waals surface area contributed by atoms with E-state index in [-0.39, 0.29) is 32.4 Å². The summed E-state index contributed by atoms with van der Waals surface area (Å²) >= 11 is 6.22. The van der Waals surface area contributed by atoms with Gasteiger partial charge in [-0.3, -0.25) is 19.1 Å². The van der Waals surface area contributed by atoms with Crippen molar-refractivity contribution in [3.63, 3.8) is 0 Å². The Labute approximate surface area is 290 Å². The molecule has 49 heavy (non-hydrogen) atoms. The minimum absolute atomic E-state index is 0.00961. The minimum atomic E-state index is -3.90. The van der Waals surface area contributed by atoms with Crippen molar-refractivity contribution in [1.29, 1.82) is 0 Å². The number of likely N-dealkylation sites (tertiary alicyclic amines) is 1. The number of ether oxygens (including phenoxy) is 2. The van der Waals surface area contributed by atoms with Crippen LogP contribution in [0.1, 0.15) is 64.9 Å². The highest BCUT2D eigenvalue weighted by molar-refractivity contribution is 7.91. The van der Waals surface area contributed by atoms with Crippen LogP contribution in [0.4, 0.5) is 4.79 Å². The van der Waals surface area contributed by atoms with Gasteiger partial charge in [-0.05, 0) is 36.8 Å². The molecule has 2 saturated carbocycles. The molecule has 0 radical (unpaired) electrons. The molecule has 0 aromatic heterocycles. The molecule has 1 aromatic rings. The first-order valence-electron chi connectivity index (χ1n) is 16.4. The van der Waals surface area contributed by atoms with E-state index in [0.29, 0.717) is 36.6 Å². The van der Waals surface area contributed by atoms with Gasteiger partial charge in [0.15, 0.2) is 5.60 Å². The van der Waals surface area contributed by atoms with Gasteiger partial charge in [0.1, 0.15) is 23.7 Å². The van der Waals surface area contributed by atoms with Crippen LogP contribution in [0.15, 0.2) is 42.1 Å². The van der Waals surface area contributed by atoms with Crippen LogP contribution in [0, 0.1) is 11.3 Å². The van der Waals surface area contributed by atoms with Gasteiger partial charge < -0.3 is 29.8 Å². The van der Waals surface area contributed by atoms with E-state index in [4.69, 9.17) is 25.9 Å². The van der Waals surface area contributed by atoms with Crippen LogP contribution in [0.2, 0.25) is 5.02 Å². The fourth-order valence-corrected chi connectivity index (χ4v) is 8.25. The molecule has 4 fully saturated rings. The number of halogens is 1. The summed E-state index contributed by atoms with van der Waals surface area (Å²) in [6, 6.07) is 4.80. The Morgan fingerprint density at radius 3 is 2.55 bits per heavy atom. The lowest BCUT2D eigenvalue weighted by Gasteiger charge is -2.35. The Hall–Kier alpha value is -3.69. The lowest BCUT2D eigenvalue weighted by Crippen LogP contribution is -2.60. The normalized spacial score (nSPS) is 29.8. The molecule has 6 atom stereocenters. The van der Waals surface area contributed by atoms with E-state index < -0.39 is 79.7 Å². The van der Waals surface area contributed by atoms with Crippen LogP contribution < -0.4 is 15.4 Å². The third-order valence-electron chi connectivity index (χ3n) is 9.77. The Morgan fingerprint density at radius 2 is 1.94 bits per heavy atom. The lowest BCUT2D eigenvalue weighted by atomic mass is 9.85. The zero-order valence-corrected chi connectivity index (χ0v) is 29.3. The maximum absolute atomic E-state index is 14.5. The molecule has 1 spiro atoms. The van der Waals surface area contributed by atoms with Gasteiger partial charge in [0.25, 0.3) is 5.91 Å². The van der Waals surface area contributed by atoms with Gasteiger partial charge in [0.05, 0.1) is 30.7 Å². The summed E-state index contributed by atoms with van der Waals surface area (Å²) in [5.41, 5.74) is -2.17. The van der Waals surface area contributed by atoms with E-state index in [1.54, 1.807) is 39.0 Å². The number of alkyl carbamates (subject to hydrolysis) is 1. The first kappa shape index (κ1) is 35.1. The standard InChI is InChI=1S/C33H42ClN5O9S/c1-5-20-14-33(20,29(42)38-49(44,45)23-9-10-23)36-27(40)25-16-32(15-24(37-48-32)19-7-6-8-21(34)13-19)18-39(25)28(41)26(31(2,3)4)35-30(43)47-22-11-12-46-17-22/h5-8,13,20,22-23,25-26H,1,9-12,14-18H2,2-4H3,(H,35,43)(H,36,40)(H,38,42)/t20-,22?,25+,26-,32-,33-/m1/s1. The lowest BCUT2D eigenvalue weighted by molar-refractivity contribution is -0.143. The van der Waals surface area contributed by atoms with Crippen LogP contribution in [-0.2, 0) is 38.7 Å². The topological polar surface area (TPSA) is 182 Å². The van der Waals surface area contributed by atoms with Gasteiger partial charge in [-0.25, -0.2) is 13.2 Å². The molecule has 5 aliphatic rings. The van der Waals surface area contributed by atoms with Crippen LogP contribution >= 0.6 is 11.6 Å². The molecule has 4 amide bonds. The number of amides is 4. The molecule has 6 rings (SSSR count). The number of rotatable bonds is 10. The van der Waals surface area contributed by atoms with E-state index in [2.05, 4.69) is 27.1 Å². The SMILES string of the molecule is C=C[C@@H]1C[C@]1(NC(=O)[C@@H]1C[C@]2(CC(c3cccc(Cl)c3)=NO2)CN1C(=O)[C@@H](NC(=O)OC1CCOC1)C(C)(C)C)C(=O)NS(=O)(=O)C1CC1. The van der Waals surface area contributed by atoms with Crippen molar-refractivity contribution >= 4 is 51.2 Å². The predicted octanol–water partition coefficient (Wildman–Crippen LogP) is 2.40. The van der Waals surface area contributed by atoms with Gasteiger partial charge in [-0.15, -0.1) is 6.58 Å². The van der Waals surface area contributed by atoms with Crippen molar-refractivity contribution in [3.8, 4) is 0 Å². The molecular weight excluding hydrogens is 678 g/mol. The summed E-state index contributed by atoms with van der Waals surface area (Å²) in [7, 11) is -3.90. The summed E-state index contributed by atoms with van der Waals surface area (Å²) in [6.07, 6.45) is 2.11. The Kier molecular flexibility index (Phi) is 9.24. The maximum atomic E-state index is 14.5. The van der Waals surface area contributed by atoms with Gasteiger partial charge in [0, 0.05) is 35.8 Å². The molecule has 2 aliphatic carbocycles. The van der Waals surface area contributed by atoms with Crippen molar-refractivity contribution in [3.05, 3.63) is 47.5 Å². The first-order chi connectivity index (χ1) is 23.1. The van der Waals surface area contributed by atoms with Crippen LogP contribution in [0.25, 0.3) is 0 Å². The summed E-state index contributed by atoms with van der Waals surface area (Å²) in [5.74, 6) is -2.61. The van der Waals surface area contributed by atoms with Crippen LogP contribution in [-0.4, -0.2) is 97.2 Å². The van der Waals surface area contributed by atoms with Gasteiger partial charge in [-0.1, -0.05) is 55.7 Å². The number of carbonyl (C=O) groups is 4. The largest absolute Gasteiger partial charge is 0.444 e. The second kappa shape index (κ2) is 12.9. The number of hydrogen-bond acceptors (Lipinski definition) is 10. The van der Waals surface area contributed by atoms with Crippen molar-refractivity contribution < 1.29 is 41.9 Å². The van der Waals surface area contributed by atoms with Crippen molar-refractivity contribution in [2.75, 3.05) is 19.8 Å². The molecule has 0 bridgehead atoms. The molecule has 14 nitrogen and oxygen atoms in total. The third-order valence-corrected chi connectivity index (χ3v) is 11.8. The number of nitrogens with one attached hydrogen (secondary N) is 3. The van der Waals surface area contributed by atoms with E-state index in [1.165, 1.54) is 11.0 Å². The molecular formula is C33H42ClN5O9S. The second-order valence-corrected chi connectivity index (χ2v) is 17.1. The fourth-order valence-electron chi connectivity index (χ4n) is 6.69. The molecule has 3 heterocycles. The molecule has 1 unspecified atom stereocenters. The highest BCUT2D eigenvalue weighted by atomic mass is 35.5. The summed E-state index contributed by atoms with van der Waals surface area (Å²) in [6.45, 7) is 9.75. The average molecular weight is 720 g/mol. The van der Waals surface area contributed by atoms with Crippen LogP contribution in [0.5, 0.6) is 0 Å². The van der Waals surface area contributed by atoms with Crippen molar-refractivity contribution in [1.82, 2.24) is 20.3 Å². The van der Waals surface area contributed by atoms with Crippen LogP contribution in [0.3, 0.4) is 0 Å². The molecule has 3 N–H and O–H groups in total. The number of hydrogen-bond donors (Lipinski definition) is 3. The number of nitrogens with zero attached hydrogens (tertiary/aromatic N) is 2. The van der Waals surface area contributed by atoms with Crippen molar-refractivity contribution in [2.24, 2.45) is 16.5 Å². The third kappa shape index (κ3) is 7.29. The van der Waals surface area contributed by atoms with Crippen molar-refractivity contribution in [2.45, 2.75) is 93.9 Å². The minimum Gasteiger partial charge on any atom is -0.444 e. The predicted molar refractivity (Wildman–Crippen MR) is 178 cm³/mol. The highest BCUT2D eigenvalue weighted by Crippen LogP contribution is 2.46. The quantitative estimate of drug-likeness (QED) is 0.306. The molecule has 3 aliphatic heterocycles. The van der Waals surface area contributed by atoms with Gasteiger partial charge >= 0.3 is 6.09 Å². The van der Waals surface area contributed by atoms with Gasteiger partial charge in [-0.2, -0.15) is 0 Å². The number of benzene rings is 1. The molecule has 1 aromatic carbocycles. The molecule has 2 saturated heterocycles. The first-order valence-corrected chi connectivity index (χ1v) is 18.4. The molecule has 16 heteroatoms. The average Bonchev–Trinajstić information content (AvgIpc) is 3.86. The Bertz CT molecular complexity index is 1690. The zero-order valence-electron chi connectivity index (χ0n) is 27.7. The number of oxime groups is 1. The van der Waals surface area contributed by atoms with E-state index in [1.807, 2.05) is 6.07 Å². The fraction of sp³-hybridized carbons (Fsp3) is 0.606. The van der Waals surface area contributed by atoms with E-state index >= 15 is 0 Å². The summed E-state index contributed by atoms with van der Waals surface area (Å²) in [4.78, 5) is 62.5. The maximum Gasteiger partial charge on any atom is 0.408 e. The Morgan fingerprint density at radius 1 is 1.18 bits per heavy atom. The monoisotopic (exact) mass is 719 g/mol. The van der Waals surface area contributed by atoms with E-state index in [9.17, 15) is 27.6 Å². The Balaban J connectivity index is 1.26. The molecule has 266 valence electrons. The second-order valence-electron chi connectivity index (χ2n) is 14.7.